The first kappa shape index (κ1) is 15.1. The molecule has 110 valence electrons. The van der Waals surface area contributed by atoms with Crippen LogP contribution in [-0.4, -0.2) is 72.6 Å². The van der Waals surface area contributed by atoms with Crippen LogP contribution in [-0.2, 0) is 0 Å². The third-order valence-corrected chi connectivity index (χ3v) is 5.42. The molecule has 0 amide bonds. The molecule has 0 aliphatic carbocycles. The van der Waals surface area contributed by atoms with Crippen molar-refractivity contribution in [3.63, 3.8) is 0 Å². The Kier molecular flexibility index (Phi) is 5.15. The molecule has 2 heterocycles. The van der Waals surface area contributed by atoms with Crippen molar-refractivity contribution in [2.45, 2.75) is 38.3 Å². The highest BCUT2D eigenvalue weighted by atomic mass is 32.2. The average molecular weight is 284 g/mol. The van der Waals surface area contributed by atoms with Crippen LogP contribution < -0.4 is 5.32 Å². The molecule has 0 spiro atoms. The predicted molar refractivity (Wildman–Crippen MR) is 85.1 cm³/mol. The van der Waals surface area contributed by atoms with Crippen molar-refractivity contribution >= 4 is 16.9 Å². The Morgan fingerprint density at radius 1 is 1.42 bits per heavy atom. The van der Waals surface area contributed by atoms with Crippen molar-refractivity contribution in [3.05, 3.63) is 0 Å². The van der Waals surface area contributed by atoms with Gasteiger partial charge in [-0.25, -0.2) is 0 Å². The Bertz CT molecular complexity index is 333. The summed E-state index contributed by atoms with van der Waals surface area (Å²) in [6.07, 6.45) is 2.40. The number of nitrogens with zero attached hydrogens (tertiary/aromatic N) is 3. The summed E-state index contributed by atoms with van der Waals surface area (Å²) in [6, 6.07) is 0.559. The zero-order valence-corrected chi connectivity index (χ0v) is 13.6. The number of hydrogen-bond donors (Lipinski definition) is 1. The number of aliphatic imine (C=N–C) groups is 1. The van der Waals surface area contributed by atoms with Gasteiger partial charge in [-0.1, -0.05) is 18.7 Å². The molecule has 19 heavy (non-hydrogen) atoms. The van der Waals surface area contributed by atoms with Crippen LogP contribution in [0.5, 0.6) is 0 Å². The first-order chi connectivity index (χ1) is 9.02. The molecule has 0 saturated carbocycles. The van der Waals surface area contributed by atoms with Crippen LogP contribution >= 0.6 is 11.8 Å². The summed E-state index contributed by atoms with van der Waals surface area (Å²) < 4.78 is 0. The van der Waals surface area contributed by atoms with E-state index in [-0.39, 0.29) is 5.54 Å². The smallest absolute Gasteiger partial charge is 0.157 e. The minimum atomic E-state index is 0.249. The van der Waals surface area contributed by atoms with Gasteiger partial charge in [0.05, 0.1) is 6.54 Å². The molecule has 0 aromatic heterocycles. The summed E-state index contributed by atoms with van der Waals surface area (Å²) in [5, 5.41) is 4.78. The van der Waals surface area contributed by atoms with Crippen molar-refractivity contribution in [1.82, 2.24) is 15.1 Å². The van der Waals surface area contributed by atoms with E-state index in [1.165, 1.54) is 25.1 Å². The van der Waals surface area contributed by atoms with E-state index in [9.17, 15) is 0 Å². The maximum absolute atomic E-state index is 4.84. The zero-order valence-electron chi connectivity index (χ0n) is 12.8. The van der Waals surface area contributed by atoms with Gasteiger partial charge >= 0.3 is 0 Å². The van der Waals surface area contributed by atoms with Gasteiger partial charge in [-0.05, 0) is 33.9 Å². The number of likely N-dealkylation sites (N-methyl/N-ethyl adjacent to an activating group) is 2. The lowest BCUT2D eigenvalue weighted by atomic mass is 9.96. The van der Waals surface area contributed by atoms with E-state index < -0.39 is 0 Å². The lowest BCUT2D eigenvalue weighted by molar-refractivity contribution is 0.119. The lowest BCUT2D eigenvalue weighted by Crippen LogP contribution is -2.52. The summed E-state index contributed by atoms with van der Waals surface area (Å²) in [4.78, 5) is 9.68. The minimum Gasteiger partial charge on any atom is -0.360 e. The molecule has 0 aromatic carbocycles. The van der Waals surface area contributed by atoms with E-state index in [0.717, 1.165) is 24.8 Å². The largest absolute Gasteiger partial charge is 0.360 e. The molecule has 2 fully saturated rings. The highest BCUT2D eigenvalue weighted by Crippen LogP contribution is 2.24. The van der Waals surface area contributed by atoms with E-state index in [0.29, 0.717) is 6.04 Å². The van der Waals surface area contributed by atoms with Crippen molar-refractivity contribution in [1.29, 1.82) is 0 Å². The molecule has 1 N–H and O–H groups in total. The van der Waals surface area contributed by atoms with Crippen LogP contribution in [0.3, 0.4) is 0 Å². The first-order valence-corrected chi connectivity index (χ1v) is 8.35. The molecule has 5 heteroatoms. The second kappa shape index (κ2) is 6.46. The molecule has 2 saturated heterocycles. The zero-order chi connectivity index (χ0) is 13.9. The quantitative estimate of drug-likeness (QED) is 0.850. The second-order valence-electron chi connectivity index (χ2n) is 6.18. The molecular formula is C14H28N4S. The summed E-state index contributed by atoms with van der Waals surface area (Å²) >= 11 is 1.88. The highest BCUT2D eigenvalue weighted by Gasteiger charge is 2.28. The Hall–Kier alpha value is -0.260. The SMILES string of the molecule is CCC1(C)CCSC(=NCC2CN(C)CCN2C)N1. The van der Waals surface area contributed by atoms with E-state index in [4.69, 9.17) is 4.99 Å². The molecular weight excluding hydrogens is 256 g/mol. The molecule has 2 unspecified atom stereocenters. The van der Waals surface area contributed by atoms with Crippen LogP contribution in [0.4, 0.5) is 0 Å². The minimum absolute atomic E-state index is 0.249. The molecule has 2 rings (SSSR count). The van der Waals surface area contributed by atoms with Crippen LogP contribution in [0.15, 0.2) is 4.99 Å². The van der Waals surface area contributed by atoms with Gasteiger partial charge in [-0.15, -0.1) is 0 Å². The van der Waals surface area contributed by atoms with Gasteiger partial charge in [0.15, 0.2) is 5.17 Å². The van der Waals surface area contributed by atoms with Crippen LogP contribution in [0.25, 0.3) is 0 Å². The van der Waals surface area contributed by atoms with Crippen LogP contribution in [0.2, 0.25) is 0 Å². The highest BCUT2D eigenvalue weighted by molar-refractivity contribution is 8.13. The number of nitrogens with one attached hydrogen (secondary N) is 1. The topological polar surface area (TPSA) is 30.9 Å². The third kappa shape index (κ3) is 4.10. The van der Waals surface area contributed by atoms with E-state index in [2.05, 4.69) is 43.1 Å². The van der Waals surface area contributed by atoms with Crippen LogP contribution in [0.1, 0.15) is 26.7 Å². The standard InChI is InChI=1S/C14H28N4S/c1-5-14(2)6-9-19-13(16-14)15-10-12-11-17(3)7-8-18(12)4/h12H,5-11H2,1-4H3,(H,15,16). The summed E-state index contributed by atoms with van der Waals surface area (Å²) in [6.45, 7) is 8.93. The fraction of sp³-hybridized carbons (Fsp3) is 0.929. The first-order valence-electron chi connectivity index (χ1n) is 7.36. The Morgan fingerprint density at radius 2 is 2.21 bits per heavy atom. The summed E-state index contributed by atoms with van der Waals surface area (Å²) in [7, 11) is 4.42. The number of amidine groups is 1. The van der Waals surface area contributed by atoms with Gasteiger partial charge in [0, 0.05) is 37.0 Å². The van der Waals surface area contributed by atoms with Gasteiger partial charge in [-0.3, -0.25) is 9.89 Å². The van der Waals surface area contributed by atoms with Gasteiger partial charge in [-0.2, -0.15) is 0 Å². The molecule has 2 aliphatic heterocycles. The summed E-state index contributed by atoms with van der Waals surface area (Å²) in [5.41, 5.74) is 0.249. The second-order valence-corrected chi connectivity index (χ2v) is 7.26. The fourth-order valence-corrected chi connectivity index (χ4v) is 3.80. The molecule has 2 aliphatic rings. The van der Waals surface area contributed by atoms with Gasteiger partial charge < -0.3 is 10.2 Å². The van der Waals surface area contributed by atoms with Crippen molar-refractivity contribution < 1.29 is 0 Å². The molecule has 0 aromatic rings. The molecule has 2 atom stereocenters. The Labute approximate surface area is 122 Å². The molecule has 0 radical (unpaired) electrons. The third-order valence-electron chi connectivity index (χ3n) is 4.51. The Morgan fingerprint density at radius 3 is 2.95 bits per heavy atom. The van der Waals surface area contributed by atoms with E-state index >= 15 is 0 Å². The maximum Gasteiger partial charge on any atom is 0.157 e. The predicted octanol–water partition coefficient (Wildman–Crippen LogP) is 1.48. The van der Waals surface area contributed by atoms with E-state index in [1.54, 1.807) is 0 Å². The average Bonchev–Trinajstić information content (AvgIpc) is 2.40. The molecule has 0 bridgehead atoms. The normalized spacial score (nSPS) is 36.4. The van der Waals surface area contributed by atoms with Gasteiger partial charge in [0.1, 0.15) is 0 Å². The fourth-order valence-electron chi connectivity index (χ4n) is 2.57. The number of hydrogen-bond acceptors (Lipinski definition) is 4. The molecule has 4 nitrogen and oxygen atoms in total. The van der Waals surface area contributed by atoms with Crippen molar-refractivity contribution in [2.75, 3.05) is 46.0 Å². The lowest BCUT2D eigenvalue weighted by Gasteiger charge is -2.38. The van der Waals surface area contributed by atoms with Crippen molar-refractivity contribution in [2.24, 2.45) is 4.99 Å². The number of thioether (sulfide) groups is 1. The van der Waals surface area contributed by atoms with Gasteiger partial charge in [0.2, 0.25) is 0 Å². The van der Waals surface area contributed by atoms with E-state index in [1.807, 2.05) is 11.8 Å². The number of piperazine rings is 1. The maximum atomic E-state index is 4.84. The summed E-state index contributed by atoms with van der Waals surface area (Å²) in [5.74, 6) is 1.19. The van der Waals surface area contributed by atoms with Crippen LogP contribution in [0, 0.1) is 0 Å². The monoisotopic (exact) mass is 284 g/mol. The number of rotatable bonds is 3. The van der Waals surface area contributed by atoms with Crippen molar-refractivity contribution in [3.8, 4) is 0 Å². The Balaban J connectivity index is 1.90. The van der Waals surface area contributed by atoms with Gasteiger partial charge in [0.25, 0.3) is 0 Å².